The zero-order chi connectivity index (χ0) is 15.8. The van der Waals surface area contributed by atoms with Crippen molar-refractivity contribution >= 4 is 29.3 Å². The van der Waals surface area contributed by atoms with Crippen molar-refractivity contribution in [3.63, 3.8) is 0 Å². The summed E-state index contributed by atoms with van der Waals surface area (Å²) in [6.07, 6.45) is 1.00. The molecule has 0 spiro atoms. The fraction of sp³-hybridized carbons (Fsp3) is 0.400. The van der Waals surface area contributed by atoms with Crippen LogP contribution in [-0.4, -0.2) is 18.5 Å². The molecular weight excluding hydrogens is 288 g/mol. The third-order valence-electron chi connectivity index (χ3n) is 2.75. The van der Waals surface area contributed by atoms with Crippen LogP contribution < -0.4 is 5.32 Å². The molecule has 1 aromatic rings. The number of nitriles is 1. The summed E-state index contributed by atoms with van der Waals surface area (Å²) in [6, 6.07) is 3.67. The van der Waals surface area contributed by atoms with Crippen LogP contribution in [0.5, 0.6) is 0 Å². The number of nitrogens with one attached hydrogen (secondary N) is 1. The van der Waals surface area contributed by atoms with Gasteiger partial charge in [-0.25, -0.2) is 0 Å². The largest absolute Gasteiger partial charge is 0.456 e. The predicted octanol–water partition coefficient (Wildman–Crippen LogP) is 3.16. The first-order valence-corrected chi connectivity index (χ1v) is 7.42. The molecule has 1 rings (SSSR count). The summed E-state index contributed by atoms with van der Waals surface area (Å²) in [5.41, 5.74) is 2.41. The van der Waals surface area contributed by atoms with E-state index in [1.54, 1.807) is 0 Å². The number of anilines is 1. The molecule has 5 nitrogen and oxygen atoms in total. The van der Waals surface area contributed by atoms with E-state index in [-0.39, 0.29) is 18.5 Å². The van der Waals surface area contributed by atoms with E-state index in [9.17, 15) is 9.59 Å². The molecule has 0 aliphatic heterocycles. The lowest BCUT2D eigenvalue weighted by molar-refractivity contribution is -0.147. The van der Waals surface area contributed by atoms with Crippen molar-refractivity contribution in [3.8, 4) is 5.40 Å². The lowest BCUT2D eigenvalue weighted by Crippen LogP contribution is -2.21. The molecule has 0 aliphatic rings. The molecule has 0 bridgehead atoms. The second-order valence-corrected chi connectivity index (χ2v) is 5.44. The van der Waals surface area contributed by atoms with Gasteiger partial charge in [0.2, 0.25) is 0 Å². The van der Waals surface area contributed by atoms with Crippen molar-refractivity contribution in [2.24, 2.45) is 0 Å². The van der Waals surface area contributed by atoms with Gasteiger partial charge in [-0.1, -0.05) is 6.92 Å². The number of thioether (sulfide) groups is 1. The Morgan fingerprint density at radius 3 is 2.48 bits per heavy atom. The molecule has 0 saturated heterocycles. The minimum Gasteiger partial charge on any atom is -0.456 e. The van der Waals surface area contributed by atoms with Gasteiger partial charge in [-0.05, 0) is 55.3 Å². The molecule has 1 amide bonds. The van der Waals surface area contributed by atoms with Crippen LogP contribution >= 0.6 is 11.8 Å². The highest BCUT2D eigenvalue weighted by Crippen LogP contribution is 2.27. The van der Waals surface area contributed by atoms with Gasteiger partial charge >= 0.3 is 5.97 Å². The number of hydrogen-bond acceptors (Lipinski definition) is 5. The monoisotopic (exact) mass is 306 g/mol. The van der Waals surface area contributed by atoms with Gasteiger partial charge in [-0.3, -0.25) is 9.59 Å². The zero-order valence-corrected chi connectivity index (χ0v) is 13.2. The van der Waals surface area contributed by atoms with Crippen molar-refractivity contribution in [3.05, 3.63) is 23.3 Å². The van der Waals surface area contributed by atoms with Gasteiger partial charge in [0, 0.05) is 17.0 Å². The molecule has 0 saturated carbocycles. The smallest absolute Gasteiger partial charge is 0.306 e. The molecule has 0 heterocycles. The van der Waals surface area contributed by atoms with Crippen LogP contribution in [0.4, 0.5) is 5.69 Å². The standard InChI is InChI=1S/C15H18N2O3S/c1-4-5-14(19)20-8-13(18)17-15-10(2)6-12(21-9-16)7-11(15)3/h6-7H,4-5,8H2,1-3H3,(H,17,18). The second-order valence-electron chi connectivity index (χ2n) is 4.58. The van der Waals surface area contributed by atoms with Crippen LogP contribution in [0.3, 0.4) is 0 Å². The van der Waals surface area contributed by atoms with Gasteiger partial charge in [0.05, 0.1) is 0 Å². The number of aryl methyl sites for hydroxylation is 2. The third kappa shape index (κ3) is 5.48. The highest BCUT2D eigenvalue weighted by atomic mass is 32.2. The maximum atomic E-state index is 11.8. The number of esters is 1. The Hall–Kier alpha value is -2.00. The number of rotatable bonds is 6. The van der Waals surface area contributed by atoms with Gasteiger partial charge in [-0.15, -0.1) is 0 Å². The number of carbonyl (C=O) groups is 2. The summed E-state index contributed by atoms with van der Waals surface area (Å²) >= 11 is 1.07. The van der Waals surface area contributed by atoms with E-state index in [2.05, 4.69) is 5.32 Å². The number of amides is 1. The first-order valence-electron chi connectivity index (χ1n) is 6.60. The molecule has 0 radical (unpaired) electrons. The number of thiocyanates is 1. The Bertz CT molecular complexity index is 556. The molecule has 0 unspecified atom stereocenters. The Morgan fingerprint density at radius 1 is 1.33 bits per heavy atom. The second kappa shape index (κ2) is 8.32. The number of carbonyl (C=O) groups excluding carboxylic acids is 2. The summed E-state index contributed by atoms with van der Waals surface area (Å²) in [5, 5.41) is 13.4. The Morgan fingerprint density at radius 2 is 1.95 bits per heavy atom. The fourth-order valence-corrected chi connectivity index (χ4v) is 2.41. The van der Waals surface area contributed by atoms with E-state index in [1.165, 1.54) is 0 Å². The summed E-state index contributed by atoms with van der Waals surface area (Å²) in [7, 11) is 0. The van der Waals surface area contributed by atoms with Crippen LogP contribution in [0.2, 0.25) is 0 Å². The van der Waals surface area contributed by atoms with Crippen molar-refractivity contribution in [2.45, 2.75) is 38.5 Å². The first-order chi connectivity index (χ1) is 9.97. The Labute approximate surface area is 128 Å². The van der Waals surface area contributed by atoms with E-state index < -0.39 is 0 Å². The van der Waals surface area contributed by atoms with Crippen LogP contribution in [0.15, 0.2) is 17.0 Å². The van der Waals surface area contributed by atoms with Crippen LogP contribution in [0.1, 0.15) is 30.9 Å². The summed E-state index contributed by atoms with van der Waals surface area (Å²) in [6.45, 7) is 5.29. The fourth-order valence-electron chi connectivity index (χ4n) is 1.83. The van der Waals surface area contributed by atoms with Crippen LogP contribution in [0, 0.1) is 24.5 Å². The molecule has 6 heteroatoms. The maximum absolute atomic E-state index is 11.8. The van der Waals surface area contributed by atoms with Gasteiger partial charge in [0.1, 0.15) is 5.40 Å². The Balaban J connectivity index is 2.68. The lowest BCUT2D eigenvalue weighted by atomic mass is 10.1. The Kier molecular flexibility index (Phi) is 6.76. The molecule has 112 valence electrons. The van der Waals surface area contributed by atoms with Crippen LogP contribution in [-0.2, 0) is 14.3 Å². The zero-order valence-electron chi connectivity index (χ0n) is 12.4. The summed E-state index contributed by atoms with van der Waals surface area (Å²) in [4.78, 5) is 23.8. The lowest BCUT2D eigenvalue weighted by Gasteiger charge is -2.13. The average Bonchev–Trinajstić information content (AvgIpc) is 2.41. The van der Waals surface area contributed by atoms with E-state index >= 15 is 0 Å². The minimum atomic E-state index is -0.373. The van der Waals surface area contributed by atoms with Gasteiger partial charge < -0.3 is 10.1 Å². The van der Waals surface area contributed by atoms with Crippen molar-refractivity contribution < 1.29 is 14.3 Å². The molecule has 1 aromatic carbocycles. The van der Waals surface area contributed by atoms with Gasteiger partial charge in [0.15, 0.2) is 6.61 Å². The van der Waals surface area contributed by atoms with Crippen molar-refractivity contribution in [1.29, 1.82) is 5.26 Å². The number of hydrogen-bond donors (Lipinski definition) is 1. The SMILES string of the molecule is CCCC(=O)OCC(=O)Nc1c(C)cc(SC#N)cc1C. The normalized spacial score (nSPS) is 9.81. The van der Waals surface area contributed by atoms with Crippen LogP contribution in [0.25, 0.3) is 0 Å². The van der Waals surface area contributed by atoms with E-state index in [1.807, 2.05) is 38.3 Å². The van der Waals surface area contributed by atoms with Gasteiger partial charge in [-0.2, -0.15) is 5.26 Å². The van der Waals surface area contributed by atoms with Gasteiger partial charge in [0.25, 0.3) is 5.91 Å². The maximum Gasteiger partial charge on any atom is 0.306 e. The topological polar surface area (TPSA) is 79.2 Å². The predicted molar refractivity (Wildman–Crippen MR) is 81.9 cm³/mol. The van der Waals surface area contributed by atoms with E-state index in [4.69, 9.17) is 10.00 Å². The first kappa shape index (κ1) is 17.1. The van der Waals surface area contributed by atoms with E-state index in [0.717, 1.165) is 27.8 Å². The summed E-state index contributed by atoms with van der Waals surface area (Å²) < 4.78 is 4.86. The number of nitrogens with zero attached hydrogens (tertiary/aromatic N) is 1. The van der Waals surface area contributed by atoms with Crippen molar-refractivity contribution in [1.82, 2.24) is 0 Å². The van der Waals surface area contributed by atoms with Crippen molar-refractivity contribution in [2.75, 3.05) is 11.9 Å². The highest BCUT2D eigenvalue weighted by molar-refractivity contribution is 8.03. The molecular formula is C15H18N2O3S. The highest BCUT2D eigenvalue weighted by Gasteiger charge is 2.11. The molecule has 0 aromatic heterocycles. The number of ether oxygens (including phenoxy) is 1. The summed E-state index contributed by atoms with van der Waals surface area (Å²) in [5.74, 6) is -0.742. The minimum absolute atomic E-state index is 0.285. The molecule has 21 heavy (non-hydrogen) atoms. The quantitative estimate of drug-likeness (QED) is 0.496. The number of benzene rings is 1. The molecule has 0 fully saturated rings. The third-order valence-corrected chi connectivity index (χ3v) is 3.32. The molecule has 0 aliphatic carbocycles. The average molecular weight is 306 g/mol. The molecule has 1 N–H and O–H groups in total. The van der Waals surface area contributed by atoms with E-state index in [0.29, 0.717) is 18.5 Å². The molecule has 0 atom stereocenters.